The number of aryl methyl sites for hydroxylation is 1. The third kappa shape index (κ3) is 6.59. The molecule has 11 heteroatoms. The van der Waals surface area contributed by atoms with Gasteiger partial charge >= 0.3 is 5.92 Å². The fourth-order valence-corrected chi connectivity index (χ4v) is 4.78. The van der Waals surface area contributed by atoms with Gasteiger partial charge < -0.3 is 24.3 Å². The van der Waals surface area contributed by atoms with Crippen LogP contribution in [-0.4, -0.2) is 22.2 Å². The standard InChI is InChI=1S/C27H30ClF2N3O5/c1-14(2)13-27(29,30)21-12-20(32-37-21)26-24(16-5-6-16)25(33-38-26)17(7-9-23(35)36)11-22(34)31-19-8-4-15(3)10-18(19)28/h4,8,10,12,14,16-17H,5-7,9,11,13H2,1-3H3,(H,31,34)(H,35,36)/p-1/t17-/m0/s1. The Labute approximate surface area is 223 Å². The first-order valence-electron chi connectivity index (χ1n) is 12.5. The van der Waals surface area contributed by atoms with Crippen molar-refractivity contribution in [2.24, 2.45) is 5.92 Å². The molecule has 0 bridgehead atoms. The van der Waals surface area contributed by atoms with Gasteiger partial charge in [-0.05, 0) is 62.1 Å². The average Bonchev–Trinajstić information content (AvgIpc) is 3.35. The van der Waals surface area contributed by atoms with Gasteiger partial charge in [0, 0.05) is 36.4 Å². The minimum Gasteiger partial charge on any atom is -0.550 e. The molecular weight excluding hydrogens is 520 g/mol. The average molecular weight is 549 g/mol. The summed E-state index contributed by atoms with van der Waals surface area (Å²) in [7, 11) is 0. The second-order valence-corrected chi connectivity index (χ2v) is 10.7. The first-order valence-corrected chi connectivity index (χ1v) is 12.9. The summed E-state index contributed by atoms with van der Waals surface area (Å²) in [5, 5.41) is 22.4. The molecule has 204 valence electrons. The highest BCUT2D eigenvalue weighted by Crippen LogP contribution is 2.49. The fraction of sp³-hybridized carbons (Fsp3) is 0.481. The van der Waals surface area contributed by atoms with Gasteiger partial charge in [-0.1, -0.05) is 41.8 Å². The summed E-state index contributed by atoms with van der Waals surface area (Å²) in [6.07, 6.45) is 0.899. The van der Waals surface area contributed by atoms with Crippen LogP contribution >= 0.6 is 11.6 Å². The number of carbonyl (C=O) groups excluding carboxylic acids is 2. The van der Waals surface area contributed by atoms with E-state index in [9.17, 15) is 23.5 Å². The molecule has 2 heterocycles. The quantitative estimate of drug-likeness (QED) is 0.297. The fourth-order valence-electron chi connectivity index (χ4n) is 4.50. The summed E-state index contributed by atoms with van der Waals surface area (Å²) in [6.45, 7) is 5.25. The van der Waals surface area contributed by atoms with Gasteiger partial charge in [-0.2, -0.15) is 8.78 Å². The van der Waals surface area contributed by atoms with E-state index in [2.05, 4.69) is 15.6 Å². The normalized spacial score (nSPS) is 14.6. The first-order chi connectivity index (χ1) is 17.9. The molecule has 0 aliphatic heterocycles. The van der Waals surface area contributed by atoms with Crippen molar-refractivity contribution in [1.29, 1.82) is 0 Å². The van der Waals surface area contributed by atoms with Crippen molar-refractivity contribution in [2.45, 2.75) is 77.1 Å². The van der Waals surface area contributed by atoms with Crippen LogP contribution in [0.15, 0.2) is 33.3 Å². The van der Waals surface area contributed by atoms with Gasteiger partial charge in [-0.25, -0.2) is 0 Å². The number of aromatic nitrogens is 2. The van der Waals surface area contributed by atoms with Gasteiger partial charge in [0.25, 0.3) is 0 Å². The molecule has 38 heavy (non-hydrogen) atoms. The maximum Gasteiger partial charge on any atom is 0.307 e. The van der Waals surface area contributed by atoms with E-state index in [0.29, 0.717) is 22.0 Å². The molecule has 1 aliphatic carbocycles. The van der Waals surface area contributed by atoms with E-state index >= 15 is 0 Å². The molecular formula is C27H29ClF2N3O5-. The Kier molecular flexibility index (Phi) is 8.20. The van der Waals surface area contributed by atoms with Crippen LogP contribution in [0.1, 0.15) is 86.8 Å². The molecule has 4 rings (SSSR count). The second kappa shape index (κ2) is 11.2. The molecule has 3 aromatic rings. The van der Waals surface area contributed by atoms with Crippen molar-refractivity contribution >= 4 is 29.2 Å². The second-order valence-electron chi connectivity index (χ2n) is 10.3. The molecule has 1 aromatic carbocycles. The molecule has 1 aliphatic rings. The lowest BCUT2D eigenvalue weighted by atomic mass is 9.90. The Balaban J connectivity index is 1.62. The molecule has 1 atom stereocenters. The highest BCUT2D eigenvalue weighted by atomic mass is 35.5. The number of carbonyl (C=O) groups is 2. The van der Waals surface area contributed by atoms with Crippen molar-refractivity contribution in [3.05, 3.63) is 51.9 Å². The molecule has 1 amide bonds. The van der Waals surface area contributed by atoms with Gasteiger partial charge in [-0.3, -0.25) is 4.79 Å². The molecule has 0 spiro atoms. The summed E-state index contributed by atoms with van der Waals surface area (Å²) in [6, 6.07) is 6.37. The van der Waals surface area contributed by atoms with E-state index in [1.165, 1.54) is 0 Å². The Hall–Kier alpha value is -3.27. The lowest BCUT2D eigenvalue weighted by Crippen LogP contribution is -2.24. The van der Waals surface area contributed by atoms with Crippen LogP contribution in [-0.2, 0) is 15.5 Å². The maximum atomic E-state index is 14.6. The van der Waals surface area contributed by atoms with Crippen LogP contribution in [0.5, 0.6) is 0 Å². The molecule has 0 radical (unpaired) electrons. The van der Waals surface area contributed by atoms with E-state index in [1.807, 2.05) is 6.92 Å². The zero-order valence-electron chi connectivity index (χ0n) is 21.4. The zero-order valence-corrected chi connectivity index (χ0v) is 22.1. The minimum atomic E-state index is -3.20. The number of anilines is 1. The van der Waals surface area contributed by atoms with Crippen molar-refractivity contribution in [2.75, 3.05) is 5.32 Å². The van der Waals surface area contributed by atoms with Crippen LogP contribution in [0.4, 0.5) is 14.5 Å². The van der Waals surface area contributed by atoms with Crippen molar-refractivity contribution < 1.29 is 32.5 Å². The van der Waals surface area contributed by atoms with Crippen LogP contribution in [0.2, 0.25) is 5.02 Å². The Morgan fingerprint density at radius 3 is 2.58 bits per heavy atom. The van der Waals surface area contributed by atoms with Crippen molar-refractivity contribution in [3.63, 3.8) is 0 Å². The summed E-state index contributed by atoms with van der Waals surface area (Å²) in [4.78, 5) is 24.2. The van der Waals surface area contributed by atoms with Gasteiger partial charge in [0.1, 0.15) is 0 Å². The van der Waals surface area contributed by atoms with Gasteiger partial charge in [0.15, 0.2) is 11.5 Å². The van der Waals surface area contributed by atoms with Crippen LogP contribution in [0.3, 0.4) is 0 Å². The summed E-state index contributed by atoms with van der Waals surface area (Å²) < 4.78 is 39.8. The van der Waals surface area contributed by atoms with Crippen LogP contribution in [0.25, 0.3) is 11.5 Å². The number of carboxylic acids is 1. The number of halogens is 3. The molecule has 8 nitrogen and oxygen atoms in total. The minimum absolute atomic E-state index is 0.0302. The number of alkyl halides is 2. The monoisotopic (exact) mass is 548 g/mol. The van der Waals surface area contributed by atoms with E-state index in [-0.39, 0.29) is 48.5 Å². The summed E-state index contributed by atoms with van der Waals surface area (Å²) >= 11 is 6.24. The van der Waals surface area contributed by atoms with E-state index in [4.69, 9.17) is 20.6 Å². The predicted octanol–water partition coefficient (Wildman–Crippen LogP) is 5.95. The number of nitrogens with zero attached hydrogens (tertiary/aromatic N) is 2. The van der Waals surface area contributed by atoms with Crippen molar-refractivity contribution in [1.82, 2.24) is 10.3 Å². The molecule has 1 saturated carbocycles. The van der Waals surface area contributed by atoms with Crippen LogP contribution < -0.4 is 10.4 Å². The predicted molar refractivity (Wildman–Crippen MR) is 134 cm³/mol. The lowest BCUT2D eigenvalue weighted by molar-refractivity contribution is -0.305. The van der Waals surface area contributed by atoms with Crippen molar-refractivity contribution in [3.8, 4) is 11.5 Å². The van der Waals surface area contributed by atoms with E-state index in [0.717, 1.165) is 24.5 Å². The maximum absolute atomic E-state index is 14.6. The number of benzene rings is 1. The highest BCUT2D eigenvalue weighted by molar-refractivity contribution is 6.33. The van der Waals surface area contributed by atoms with Gasteiger partial charge in [0.05, 0.1) is 16.4 Å². The number of rotatable bonds is 12. The van der Waals surface area contributed by atoms with E-state index < -0.39 is 30.0 Å². The number of hydrogen-bond acceptors (Lipinski definition) is 7. The largest absolute Gasteiger partial charge is 0.550 e. The number of hydrogen-bond donors (Lipinski definition) is 1. The summed E-state index contributed by atoms with van der Waals surface area (Å²) in [5.41, 5.74) is 2.50. The Morgan fingerprint density at radius 2 is 1.95 bits per heavy atom. The third-order valence-corrected chi connectivity index (χ3v) is 6.74. The number of carboxylic acid groups (broad SMARTS) is 1. The molecule has 2 aromatic heterocycles. The molecule has 0 saturated heterocycles. The first kappa shape index (κ1) is 27.8. The highest BCUT2D eigenvalue weighted by Gasteiger charge is 2.40. The SMILES string of the molecule is Cc1ccc(NC(=O)C[C@H](CCC(=O)[O-])c2noc(-c3cc(C(F)(F)CC(C)C)on3)c2C2CC2)c(Cl)c1. The topological polar surface area (TPSA) is 121 Å². The molecule has 0 unspecified atom stereocenters. The molecule has 1 N–H and O–H groups in total. The smallest absolute Gasteiger partial charge is 0.307 e. The third-order valence-electron chi connectivity index (χ3n) is 6.42. The Bertz CT molecular complexity index is 1320. The zero-order chi connectivity index (χ0) is 27.6. The number of aliphatic carboxylic acids is 1. The summed E-state index contributed by atoms with van der Waals surface area (Å²) in [5.74, 6) is -6.08. The van der Waals surface area contributed by atoms with E-state index in [1.54, 1.807) is 32.0 Å². The van der Waals surface area contributed by atoms with Gasteiger partial charge in [-0.15, -0.1) is 0 Å². The number of amides is 1. The van der Waals surface area contributed by atoms with Crippen LogP contribution in [0, 0.1) is 12.8 Å². The lowest BCUT2D eigenvalue weighted by Gasteiger charge is -2.17. The van der Waals surface area contributed by atoms with Gasteiger partial charge in [0.2, 0.25) is 11.7 Å². The number of nitrogens with one attached hydrogen (secondary N) is 1. The Morgan fingerprint density at radius 1 is 1.21 bits per heavy atom. The molecule has 1 fully saturated rings.